The third kappa shape index (κ3) is 5.64. The number of piperidine rings is 1. The lowest BCUT2D eigenvalue weighted by Crippen LogP contribution is -2.63. The van der Waals surface area contributed by atoms with Crippen molar-refractivity contribution in [3.8, 4) is 5.75 Å². The van der Waals surface area contributed by atoms with E-state index < -0.39 is 6.09 Å². The molecule has 42 heavy (non-hydrogen) atoms. The Balaban J connectivity index is 1.17. The Hall–Kier alpha value is -3.06. The van der Waals surface area contributed by atoms with Crippen LogP contribution in [0.15, 0.2) is 48.5 Å². The van der Waals surface area contributed by atoms with Crippen molar-refractivity contribution in [2.24, 2.45) is 5.41 Å². The summed E-state index contributed by atoms with van der Waals surface area (Å²) in [6.45, 7) is 7.13. The topological polar surface area (TPSA) is 73.3 Å². The van der Waals surface area contributed by atoms with Crippen LogP contribution in [0.5, 0.6) is 5.75 Å². The zero-order valence-corrected chi connectivity index (χ0v) is 25.5. The smallest absolute Gasteiger partial charge is 0.407 e. The zero-order valence-electron chi connectivity index (χ0n) is 25.5. The van der Waals surface area contributed by atoms with Gasteiger partial charge in [0.2, 0.25) is 5.91 Å². The number of piperazine rings is 1. The molecule has 2 heterocycles. The number of carboxylic acid groups (broad SMARTS) is 1. The van der Waals surface area contributed by atoms with Gasteiger partial charge in [-0.1, -0.05) is 50.2 Å². The Bertz CT molecular complexity index is 1250. The van der Waals surface area contributed by atoms with Gasteiger partial charge in [0.15, 0.2) is 0 Å². The number of hydrogen-bond acceptors (Lipinski definition) is 4. The summed E-state index contributed by atoms with van der Waals surface area (Å²) in [5.74, 6) is 2.13. The van der Waals surface area contributed by atoms with Crippen LogP contribution < -0.4 is 4.74 Å². The molecule has 1 N–H and O–H groups in total. The molecule has 2 aromatic carbocycles. The van der Waals surface area contributed by atoms with Crippen molar-refractivity contribution in [3.63, 3.8) is 0 Å². The molecule has 0 bridgehead atoms. The molecule has 0 aromatic heterocycles. The fraction of sp³-hybridized carbons (Fsp3) is 0.600. The molecule has 2 aliphatic carbocycles. The Labute approximate surface area is 250 Å². The number of carbonyl (C=O) groups excluding carboxylic acids is 1. The second-order valence-electron chi connectivity index (χ2n) is 13.6. The molecule has 2 amide bonds. The molecule has 0 radical (unpaired) electrons. The van der Waals surface area contributed by atoms with E-state index in [2.05, 4.69) is 72.2 Å². The molecule has 2 aliphatic heterocycles. The summed E-state index contributed by atoms with van der Waals surface area (Å²) < 4.78 is 5.35. The number of amides is 2. The van der Waals surface area contributed by atoms with Crippen LogP contribution in [0.3, 0.4) is 0 Å². The quantitative estimate of drug-likeness (QED) is 0.419. The average Bonchev–Trinajstić information content (AvgIpc) is 3.00. The van der Waals surface area contributed by atoms with Gasteiger partial charge in [0.05, 0.1) is 19.7 Å². The molecular formula is C35H47N3O4. The largest absolute Gasteiger partial charge is 0.497 e. The number of benzene rings is 2. The summed E-state index contributed by atoms with van der Waals surface area (Å²) in [4.78, 5) is 31.9. The van der Waals surface area contributed by atoms with Crippen molar-refractivity contribution < 1.29 is 19.4 Å². The van der Waals surface area contributed by atoms with Crippen LogP contribution in [0.4, 0.5) is 4.79 Å². The fourth-order valence-electron chi connectivity index (χ4n) is 8.50. The molecule has 7 nitrogen and oxygen atoms in total. The lowest BCUT2D eigenvalue weighted by Gasteiger charge is -2.58. The van der Waals surface area contributed by atoms with Crippen LogP contribution in [0.1, 0.15) is 99.8 Å². The summed E-state index contributed by atoms with van der Waals surface area (Å²) in [6, 6.07) is 18.0. The summed E-state index contributed by atoms with van der Waals surface area (Å²) in [5.41, 5.74) is 4.23. The first-order chi connectivity index (χ1) is 20.3. The molecule has 4 aliphatic rings. The SMILES string of the molecule is COc1ccc(C2CCC(N3CC(=O)N(C4CC5(CCN(C(=O)O)CC5)C4)C(c4ccccc4C(C)C)C3)CC2)cc1. The molecule has 1 atom stereocenters. The average molecular weight is 574 g/mol. The number of ether oxygens (including phenoxy) is 1. The van der Waals surface area contributed by atoms with E-state index in [0.29, 0.717) is 37.5 Å². The van der Waals surface area contributed by atoms with Gasteiger partial charge < -0.3 is 19.6 Å². The van der Waals surface area contributed by atoms with Crippen LogP contribution in [0, 0.1) is 5.41 Å². The number of rotatable bonds is 6. The van der Waals surface area contributed by atoms with Gasteiger partial charge in [0, 0.05) is 31.7 Å². The van der Waals surface area contributed by atoms with Gasteiger partial charge in [-0.2, -0.15) is 0 Å². The van der Waals surface area contributed by atoms with Crippen LogP contribution in [-0.4, -0.2) is 77.2 Å². The van der Waals surface area contributed by atoms with E-state index in [4.69, 9.17) is 4.74 Å². The van der Waals surface area contributed by atoms with Gasteiger partial charge >= 0.3 is 6.09 Å². The van der Waals surface area contributed by atoms with Crippen molar-refractivity contribution in [2.45, 2.75) is 95.2 Å². The molecule has 7 heteroatoms. The Morgan fingerprint density at radius 2 is 1.62 bits per heavy atom. The molecule has 4 fully saturated rings. The normalized spacial score (nSPS) is 26.9. The third-order valence-electron chi connectivity index (χ3n) is 11.0. The number of likely N-dealkylation sites (tertiary alicyclic amines) is 1. The highest BCUT2D eigenvalue weighted by Gasteiger charge is 2.52. The van der Waals surface area contributed by atoms with E-state index in [1.54, 1.807) is 12.0 Å². The Morgan fingerprint density at radius 1 is 0.952 bits per heavy atom. The van der Waals surface area contributed by atoms with Gasteiger partial charge in [-0.25, -0.2) is 4.79 Å². The van der Waals surface area contributed by atoms with E-state index in [-0.39, 0.29) is 23.4 Å². The first kappa shape index (κ1) is 29.0. The molecule has 2 saturated carbocycles. The maximum Gasteiger partial charge on any atom is 0.407 e. The predicted octanol–water partition coefficient (Wildman–Crippen LogP) is 6.65. The minimum atomic E-state index is -0.810. The Morgan fingerprint density at radius 3 is 2.24 bits per heavy atom. The summed E-state index contributed by atoms with van der Waals surface area (Å²) in [6.07, 6.45) is 7.55. The standard InChI is InChI=1S/C35H47N3O4/c1-24(2)30-6-4-5-7-31(30)32-22-37(27-12-8-25(9-13-27)26-10-14-29(42-3)15-11-26)23-33(39)38(32)28-20-35(21-28)16-18-36(19-17-35)34(40)41/h4-7,10-11,14-15,24-25,27-28,32H,8-9,12-13,16-23H2,1-3H3,(H,40,41). The minimum absolute atomic E-state index is 0.0608. The number of carbonyl (C=O) groups is 2. The molecule has 1 unspecified atom stereocenters. The molecular weight excluding hydrogens is 526 g/mol. The van der Waals surface area contributed by atoms with E-state index >= 15 is 0 Å². The highest BCUT2D eigenvalue weighted by molar-refractivity contribution is 5.80. The number of nitrogens with zero attached hydrogens (tertiary/aromatic N) is 3. The van der Waals surface area contributed by atoms with E-state index in [9.17, 15) is 14.7 Å². The second-order valence-corrected chi connectivity index (χ2v) is 13.6. The van der Waals surface area contributed by atoms with Gasteiger partial charge in [-0.15, -0.1) is 0 Å². The number of methoxy groups -OCH3 is 1. The lowest BCUT2D eigenvalue weighted by molar-refractivity contribution is -0.155. The monoisotopic (exact) mass is 573 g/mol. The van der Waals surface area contributed by atoms with Crippen molar-refractivity contribution in [1.82, 2.24) is 14.7 Å². The summed E-state index contributed by atoms with van der Waals surface area (Å²) >= 11 is 0. The van der Waals surface area contributed by atoms with Crippen LogP contribution in [0.25, 0.3) is 0 Å². The molecule has 1 spiro atoms. The maximum atomic E-state index is 14.1. The number of hydrogen-bond donors (Lipinski definition) is 1. The summed E-state index contributed by atoms with van der Waals surface area (Å²) in [5, 5.41) is 9.41. The van der Waals surface area contributed by atoms with Gasteiger partial charge in [0.25, 0.3) is 0 Å². The van der Waals surface area contributed by atoms with Gasteiger partial charge in [-0.05, 0) is 97.4 Å². The van der Waals surface area contributed by atoms with Crippen molar-refractivity contribution in [1.29, 1.82) is 0 Å². The molecule has 6 rings (SSSR count). The lowest BCUT2D eigenvalue weighted by atomic mass is 9.59. The fourth-order valence-corrected chi connectivity index (χ4v) is 8.50. The highest BCUT2D eigenvalue weighted by atomic mass is 16.5. The van der Waals surface area contributed by atoms with E-state index in [0.717, 1.165) is 63.7 Å². The van der Waals surface area contributed by atoms with E-state index in [1.807, 2.05) is 0 Å². The molecule has 2 aromatic rings. The second kappa shape index (κ2) is 11.9. The predicted molar refractivity (Wildman–Crippen MR) is 164 cm³/mol. The minimum Gasteiger partial charge on any atom is -0.497 e. The van der Waals surface area contributed by atoms with Gasteiger partial charge in [0.1, 0.15) is 5.75 Å². The first-order valence-electron chi connectivity index (χ1n) is 16.0. The molecule has 2 saturated heterocycles. The van der Waals surface area contributed by atoms with Crippen LogP contribution in [-0.2, 0) is 4.79 Å². The highest BCUT2D eigenvalue weighted by Crippen LogP contribution is 2.53. The Kier molecular flexibility index (Phi) is 8.23. The third-order valence-corrected chi connectivity index (χ3v) is 11.0. The summed E-state index contributed by atoms with van der Waals surface area (Å²) in [7, 11) is 1.71. The maximum absolute atomic E-state index is 14.1. The molecule has 226 valence electrons. The van der Waals surface area contributed by atoms with Crippen LogP contribution in [0.2, 0.25) is 0 Å². The zero-order chi connectivity index (χ0) is 29.4. The van der Waals surface area contributed by atoms with Gasteiger partial charge in [-0.3, -0.25) is 9.69 Å². The van der Waals surface area contributed by atoms with E-state index in [1.165, 1.54) is 16.7 Å². The first-order valence-corrected chi connectivity index (χ1v) is 16.0. The van der Waals surface area contributed by atoms with Crippen molar-refractivity contribution >= 4 is 12.0 Å². The van der Waals surface area contributed by atoms with Crippen LogP contribution >= 0.6 is 0 Å². The van der Waals surface area contributed by atoms with Crippen molar-refractivity contribution in [3.05, 3.63) is 65.2 Å². The van der Waals surface area contributed by atoms with Crippen molar-refractivity contribution in [2.75, 3.05) is 33.3 Å².